The standard InChI is InChI=1S/C27H28F2N4O9/c1-14-12-40-20-11-31-10-17(24(35)30-9-15-5-6-16(28)8-18(15)29)22(34)23(21(31)25(36)33(14)20)41-13-42-27(38)32-7-3-4-19(32)26(37)39-2/h5-6,8,10,14,19-20H,3-4,7,9,11-13H2,1-2H3,(H,30,35)/t14-,19-,20+/m0/s1. The maximum Gasteiger partial charge on any atom is 0.413 e. The largest absolute Gasteiger partial charge is 0.467 e. The van der Waals surface area contributed by atoms with Crippen LogP contribution >= 0.6 is 0 Å². The van der Waals surface area contributed by atoms with Gasteiger partial charge in [0.1, 0.15) is 23.2 Å². The Labute approximate surface area is 237 Å². The average molecular weight is 591 g/mol. The topological polar surface area (TPSA) is 146 Å². The molecule has 3 aliphatic heterocycles. The van der Waals surface area contributed by atoms with E-state index in [0.29, 0.717) is 18.9 Å². The number of methoxy groups -OCH3 is 1. The van der Waals surface area contributed by atoms with Crippen molar-refractivity contribution in [1.29, 1.82) is 0 Å². The molecule has 0 bridgehead atoms. The van der Waals surface area contributed by atoms with Crippen molar-refractivity contribution < 1.29 is 46.9 Å². The van der Waals surface area contributed by atoms with E-state index in [2.05, 4.69) is 5.32 Å². The van der Waals surface area contributed by atoms with Crippen LogP contribution in [-0.2, 0) is 32.1 Å². The van der Waals surface area contributed by atoms with Gasteiger partial charge in [-0.1, -0.05) is 6.07 Å². The van der Waals surface area contributed by atoms with Gasteiger partial charge < -0.3 is 33.7 Å². The van der Waals surface area contributed by atoms with Crippen LogP contribution in [0.4, 0.5) is 13.6 Å². The van der Waals surface area contributed by atoms with Crippen molar-refractivity contribution in [1.82, 2.24) is 19.7 Å². The molecule has 1 aromatic carbocycles. The molecule has 4 heterocycles. The SMILES string of the molecule is COC(=O)[C@@H]1CCCN1C(=O)OCOc1c2n(cc(C(=O)NCc3ccc(F)cc3F)c1=O)C[C@H]1OC[C@H](C)N1C2=O. The van der Waals surface area contributed by atoms with Gasteiger partial charge in [-0.2, -0.15) is 0 Å². The minimum Gasteiger partial charge on any atom is -0.467 e. The average Bonchev–Trinajstić information content (AvgIpc) is 3.60. The van der Waals surface area contributed by atoms with Crippen LogP contribution in [0.3, 0.4) is 0 Å². The molecule has 2 aromatic rings. The number of benzene rings is 1. The second kappa shape index (κ2) is 11.8. The van der Waals surface area contributed by atoms with Crippen LogP contribution in [0, 0.1) is 11.6 Å². The smallest absolute Gasteiger partial charge is 0.413 e. The number of likely N-dealkylation sites (tertiary alicyclic amines) is 1. The summed E-state index contributed by atoms with van der Waals surface area (Å²) in [7, 11) is 1.21. The van der Waals surface area contributed by atoms with Crippen molar-refractivity contribution in [2.75, 3.05) is 27.1 Å². The number of hydrogen-bond acceptors (Lipinski definition) is 9. The molecule has 1 aromatic heterocycles. The first-order chi connectivity index (χ1) is 20.1. The van der Waals surface area contributed by atoms with E-state index in [-0.39, 0.29) is 43.5 Å². The van der Waals surface area contributed by atoms with Gasteiger partial charge in [-0.25, -0.2) is 18.4 Å². The highest BCUT2D eigenvalue weighted by Gasteiger charge is 2.43. The Morgan fingerprint density at radius 3 is 2.71 bits per heavy atom. The summed E-state index contributed by atoms with van der Waals surface area (Å²) < 4.78 is 49.8. The zero-order valence-electron chi connectivity index (χ0n) is 22.8. The van der Waals surface area contributed by atoms with Gasteiger partial charge in [0.15, 0.2) is 11.9 Å². The molecular weight excluding hydrogens is 562 g/mol. The van der Waals surface area contributed by atoms with E-state index in [4.69, 9.17) is 18.9 Å². The van der Waals surface area contributed by atoms with E-state index in [1.54, 1.807) is 6.92 Å². The second-order valence-corrected chi connectivity index (χ2v) is 10.0. The molecule has 2 fully saturated rings. The molecule has 42 heavy (non-hydrogen) atoms. The molecule has 5 rings (SSSR count). The molecule has 3 atom stereocenters. The monoisotopic (exact) mass is 590 g/mol. The van der Waals surface area contributed by atoms with Crippen LogP contribution in [0.15, 0.2) is 29.2 Å². The van der Waals surface area contributed by atoms with E-state index in [0.717, 1.165) is 12.1 Å². The third-order valence-corrected chi connectivity index (χ3v) is 7.39. The van der Waals surface area contributed by atoms with Gasteiger partial charge in [-0.3, -0.25) is 19.3 Å². The molecule has 3 aliphatic rings. The summed E-state index contributed by atoms with van der Waals surface area (Å²) >= 11 is 0. The Hall–Kier alpha value is -4.53. The lowest BCUT2D eigenvalue weighted by molar-refractivity contribution is -0.145. The molecule has 3 amide bonds. The highest BCUT2D eigenvalue weighted by Crippen LogP contribution is 2.30. The predicted octanol–water partition coefficient (Wildman–Crippen LogP) is 1.37. The van der Waals surface area contributed by atoms with Gasteiger partial charge in [0, 0.05) is 30.9 Å². The molecule has 2 saturated heterocycles. The first kappa shape index (κ1) is 29.0. The molecule has 13 nitrogen and oxygen atoms in total. The number of nitrogens with zero attached hydrogens (tertiary/aromatic N) is 3. The third-order valence-electron chi connectivity index (χ3n) is 7.39. The molecule has 224 valence electrons. The van der Waals surface area contributed by atoms with Crippen molar-refractivity contribution in [3.05, 3.63) is 63.1 Å². The zero-order chi connectivity index (χ0) is 30.1. The van der Waals surface area contributed by atoms with Crippen molar-refractivity contribution in [2.24, 2.45) is 0 Å². The fraction of sp³-hybridized carbons (Fsp3) is 0.444. The van der Waals surface area contributed by atoms with Gasteiger partial charge in [0.05, 0.1) is 26.3 Å². The van der Waals surface area contributed by atoms with E-state index in [1.165, 1.54) is 27.7 Å². The molecule has 0 aliphatic carbocycles. The second-order valence-electron chi connectivity index (χ2n) is 10.0. The predicted molar refractivity (Wildman–Crippen MR) is 137 cm³/mol. The van der Waals surface area contributed by atoms with Gasteiger partial charge >= 0.3 is 12.1 Å². The lowest BCUT2D eigenvalue weighted by Gasteiger charge is -2.34. The minimum absolute atomic E-state index is 0.0162. The fourth-order valence-electron chi connectivity index (χ4n) is 5.28. The summed E-state index contributed by atoms with van der Waals surface area (Å²) in [5.41, 5.74) is -1.58. The number of fused-ring (bicyclic) bond motifs is 2. The number of aromatic nitrogens is 1. The number of hydrogen-bond donors (Lipinski definition) is 1. The summed E-state index contributed by atoms with van der Waals surface area (Å²) in [5, 5.41) is 2.41. The third kappa shape index (κ3) is 5.38. The van der Waals surface area contributed by atoms with Gasteiger partial charge in [0.2, 0.25) is 18.0 Å². The molecule has 0 saturated carbocycles. The van der Waals surface area contributed by atoms with Gasteiger partial charge in [-0.15, -0.1) is 0 Å². The first-order valence-electron chi connectivity index (χ1n) is 13.2. The number of esters is 1. The summed E-state index contributed by atoms with van der Waals surface area (Å²) in [5.74, 6) is -4.29. The number of halogens is 2. The Bertz CT molecular complexity index is 1500. The van der Waals surface area contributed by atoms with Crippen molar-refractivity contribution in [3.8, 4) is 5.75 Å². The number of rotatable bonds is 7. The molecule has 0 radical (unpaired) electrons. The Balaban J connectivity index is 1.40. The van der Waals surface area contributed by atoms with Crippen molar-refractivity contribution >= 4 is 23.9 Å². The highest BCUT2D eigenvalue weighted by molar-refractivity contribution is 5.99. The van der Waals surface area contributed by atoms with Crippen LogP contribution in [0.2, 0.25) is 0 Å². The molecule has 1 N–H and O–H groups in total. The van der Waals surface area contributed by atoms with Gasteiger partial charge in [0.25, 0.3) is 11.8 Å². The number of nitrogens with one attached hydrogen (secondary N) is 1. The van der Waals surface area contributed by atoms with E-state index >= 15 is 0 Å². The summed E-state index contributed by atoms with van der Waals surface area (Å²) in [6.45, 7) is 1.19. The zero-order valence-corrected chi connectivity index (χ0v) is 22.8. The normalized spacial score (nSPS) is 21.0. The van der Waals surface area contributed by atoms with Crippen LogP contribution in [0.25, 0.3) is 0 Å². The van der Waals surface area contributed by atoms with Crippen LogP contribution in [0.1, 0.15) is 46.2 Å². The van der Waals surface area contributed by atoms with Crippen LogP contribution in [-0.4, -0.2) is 83.6 Å². The summed E-state index contributed by atoms with van der Waals surface area (Å²) in [6.07, 6.45) is 0.583. The number of ether oxygens (including phenoxy) is 4. The van der Waals surface area contributed by atoms with Crippen molar-refractivity contribution in [2.45, 2.75) is 51.2 Å². The minimum atomic E-state index is -0.970. The van der Waals surface area contributed by atoms with Gasteiger partial charge in [-0.05, 0) is 25.8 Å². The number of pyridine rings is 1. The van der Waals surface area contributed by atoms with Crippen LogP contribution in [0.5, 0.6) is 5.75 Å². The summed E-state index contributed by atoms with van der Waals surface area (Å²) in [4.78, 5) is 67.3. The fourth-order valence-corrected chi connectivity index (χ4v) is 5.28. The van der Waals surface area contributed by atoms with Crippen LogP contribution < -0.4 is 15.5 Å². The Morgan fingerprint density at radius 2 is 1.98 bits per heavy atom. The van der Waals surface area contributed by atoms with E-state index < -0.39 is 71.3 Å². The molecule has 0 unspecified atom stereocenters. The number of carbonyl (C=O) groups excluding carboxylic acids is 4. The number of amides is 3. The Morgan fingerprint density at radius 1 is 1.19 bits per heavy atom. The molecular formula is C27H28F2N4O9. The maximum atomic E-state index is 14.1. The molecule has 15 heteroatoms. The quantitative estimate of drug-likeness (QED) is 0.373. The first-order valence-corrected chi connectivity index (χ1v) is 13.2. The van der Waals surface area contributed by atoms with Crippen molar-refractivity contribution in [3.63, 3.8) is 0 Å². The molecule has 0 spiro atoms. The highest BCUT2D eigenvalue weighted by atomic mass is 19.1. The Kier molecular flexibility index (Phi) is 8.11. The summed E-state index contributed by atoms with van der Waals surface area (Å²) in [6, 6.07) is 1.73. The lowest BCUT2D eigenvalue weighted by atomic mass is 10.1. The van der Waals surface area contributed by atoms with E-state index in [1.807, 2.05) is 0 Å². The lowest BCUT2D eigenvalue weighted by Crippen LogP contribution is -2.49. The maximum absolute atomic E-state index is 14.1. The van der Waals surface area contributed by atoms with E-state index in [9.17, 15) is 32.8 Å². The number of carbonyl (C=O) groups is 4.